The van der Waals surface area contributed by atoms with Crippen LogP contribution >= 0.6 is 0 Å². The van der Waals surface area contributed by atoms with Crippen LogP contribution < -0.4 is 0 Å². The molecule has 2 atom stereocenters. The molecule has 6 nitrogen and oxygen atoms in total. The SMILES string of the molecule is CCCCCCCCCCCCCCC(=O)OC[C@@H](COC(=O)CCCCCCCCCCCCCCCCCCC(C)C)OC(=O)CCCCCCCCCCC(C)CC. The summed E-state index contributed by atoms with van der Waals surface area (Å²) in [6, 6.07) is 0. The van der Waals surface area contributed by atoms with Crippen LogP contribution in [0, 0.1) is 11.8 Å². The largest absolute Gasteiger partial charge is 0.462 e. The third-order valence-corrected chi connectivity index (χ3v) is 12.8. The van der Waals surface area contributed by atoms with Crippen molar-refractivity contribution >= 4 is 17.9 Å². The van der Waals surface area contributed by atoms with Gasteiger partial charge in [0.1, 0.15) is 13.2 Å². The van der Waals surface area contributed by atoms with E-state index in [4.69, 9.17) is 14.2 Å². The second-order valence-electron chi connectivity index (χ2n) is 19.6. The molecule has 0 bridgehead atoms. The lowest BCUT2D eigenvalue weighted by Gasteiger charge is -2.18. The Morgan fingerprint density at radius 2 is 0.623 bits per heavy atom. The van der Waals surface area contributed by atoms with Crippen LogP contribution in [0.25, 0.3) is 0 Å². The van der Waals surface area contributed by atoms with Crippen LogP contribution in [0.15, 0.2) is 0 Å². The van der Waals surface area contributed by atoms with Crippen molar-refractivity contribution in [1.29, 1.82) is 0 Å². The van der Waals surface area contributed by atoms with E-state index < -0.39 is 6.10 Å². The molecule has 0 fully saturated rings. The number of hydrogen-bond donors (Lipinski definition) is 0. The molecule has 1 unspecified atom stereocenters. The molecule has 0 rings (SSSR count). The average Bonchev–Trinajstić information content (AvgIpc) is 3.24. The molecule has 6 heteroatoms. The lowest BCUT2D eigenvalue weighted by molar-refractivity contribution is -0.167. The highest BCUT2D eigenvalue weighted by molar-refractivity contribution is 5.71. The van der Waals surface area contributed by atoms with Gasteiger partial charge in [-0.05, 0) is 31.1 Å². The predicted molar refractivity (Wildman–Crippen MR) is 261 cm³/mol. The zero-order valence-electron chi connectivity index (χ0n) is 41.8. The molecular weight excluding hydrogens is 757 g/mol. The topological polar surface area (TPSA) is 78.9 Å². The van der Waals surface area contributed by atoms with Gasteiger partial charge in [0.15, 0.2) is 6.10 Å². The third-order valence-electron chi connectivity index (χ3n) is 12.8. The minimum Gasteiger partial charge on any atom is -0.462 e. The molecule has 0 aliphatic heterocycles. The number of unbranched alkanes of at least 4 members (excludes halogenated alkanes) is 33. The van der Waals surface area contributed by atoms with Crippen molar-refractivity contribution in [2.24, 2.45) is 11.8 Å². The summed E-state index contributed by atoms with van der Waals surface area (Å²) in [6.45, 7) is 11.4. The Morgan fingerprint density at radius 1 is 0.344 bits per heavy atom. The van der Waals surface area contributed by atoms with E-state index in [2.05, 4.69) is 34.6 Å². The van der Waals surface area contributed by atoms with E-state index in [1.807, 2.05) is 0 Å². The molecule has 0 heterocycles. The highest BCUT2D eigenvalue weighted by Crippen LogP contribution is 2.18. The van der Waals surface area contributed by atoms with Gasteiger partial charge in [0, 0.05) is 19.3 Å². The molecular formula is C55H106O6. The van der Waals surface area contributed by atoms with Gasteiger partial charge in [-0.2, -0.15) is 0 Å². The Hall–Kier alpha value is -1.59. The molecule has 0 aliphatic rings. The van der Waals surface area contributed by atoms with E-state index in [9.17, 15) is 14.4 Å². The lowest BCUT2D eigenvalue weighted by Crippen LogP contribution is -2.30. The molecule has 0 aliphatic carbocycles. The van der Waals surface area contributed by atoms with Gasteiger partial charge in [0.25, 0.3) is 0 Å². The maximum absolute atomic E-state index is 12.8. The first-order valence-corrected chi connectivity index (χ1v) is 27.3. The summed E-state index contributed by atoms with van der Waals surface area (Å²) in [6.07, 6.45) is 49.4. The number of ether oxygens (including phenoxy) is 3. The van der Waals surface area contributed by atoms with Gasteiger partial charge >= 0.3 is 17.9 Å². The number of carbonyl (C=O) groups is 3. The second-order valence-corrected chi connectivity index (χ2v) is 19.6. The van der Waals surface area contributed by atoms with Crippen molar-refractivity contribution in [3.8, 4) is 0 Å². The van der Waals surface area contributed by atoms with Crippen LogP contribution in [0.1, 0.15) is 304 Å². The first kappa shape index (κ1) is 59.4. The molecule has 0 spiro atoms. The predicted octanol–water partition coefficient (Wildman–Crippen LogP) is 17.7. The van der Waals surface area contributed by atoms with E-state index in [0.717, 1.165) is 69.6 Å². The molecule has 362 valence electrons. The first-order valence-electron chi connectivity index (χ1n) is 27.3. The molecule has 0 amide bonds. The summed E-state index contributed by atoms with van der Waals surface area (Å²) in [5.74, 6) is 0.852. The van der Waals surface area contributed by atoms with Gasteiger partial charge < -0.3 is 14.2 Å². The monoisotopic (exact) mass is 863 g/mol. The quantitative estimate of drug-likeness (QED) is 0.0344. The standard InChI is InChI=1S/C55H106O6/c1-6-8-9-10-11-12-13-21-24-30-35-40-45-53(56)59-48-52(61-55(58)47-42-37-32-27-26-29-34-39-44-51(5)7-2)49-60-54(57)46-41-36-31-25-22-19-17-15-14-16-18-20-23-28-33-38-43-50(3)4/h50-52H,6-49H2,1-5H3/t51?,52-/m0/s1. The van der Waals surface area contributed by atoms with Crippen molar-refractivity contribution in [3.63, 3.8) is 0 Å². The Labute approximate surface area is 380 Å². The minimum atomic E-state index is -0.762. The van der Waals surface area contributed by atoms with E-state index in [-0.39, 0.29) is 31.1 Å². The van der Waals surface area contributed by atoms with Crippen LogP contribution in [0.2, 0.25) is 0 Å². The van der Waals surface area contributed by atoms with Crippen LogP contribution in [0.5, 0.6) is 0 Å². The highest BCUT2D eigenvalue weighted by Gasteiger charge is 2.19. The number of esters is 3. The first-order chi connectivity index (χ1) is 29.8. The van der Waals surface area contributed by atoms with Crippen molar-refractivity contribution in [3.05, 3.63) is 0 Å². The zero-order chi connectivity index (χ0) is 44.7. The Morgan fingerprint density at radius 3 is 0.934 bits per heavy atom. The van der Waals surface area contributed by atoms with E-state index in [1.54, 1.807) is 0 Å². The molecule has 0 radical (unpaired) electrons. The fourth-order valence-electron chi connectivity index (χ4n) is 8.31. The molecule has 0 aromatic heterocycles. The molecule has 0 aromatic rings. The van der Waals surface area contributed by atoms with Crippen molar-refractivity contribution in [1.82, 2.24) is 0 Å². The molecule has 0 saturated heterocycles. The van der Waals surface area contributed by atoms with Gasteiger partial charge in [0.2, 0.25) is 0 Å². The summed E-state index contributed by atoms with van der Waals surface area (Å²) < 4.78 is 16.8. The number of hydrogen-bond acceptors (Lipinski definition) is 6. The van der Waals surface area contributed by atoms with Crippen LogP contribution in [0.3, 0.4) is 0 Å². The lowest BCUT2D eigenvalue weighted by atomic mass is 9.99. The Balaban J connectivity index is 4.26. The summed E-state index contributed by atoms with van der Waals surface area (Å²) in [5, 5.41) is 0. The molecule has 0 saturated carbocycles. The summed E-state index contributed by atoms with van der Waals surface area (Å²) in [5.41, 5.74) is 0. The van der Waals surface area contributed by atoms with E-state index in [1.165, 1.54) is 193 Å². The third kappa shape index (κ3) is 47.7. The average molecular weight is 863 g/mol. The minimum absolute atomic E-state index is 0.0636. The van der Waals surface area contributed by atoms with Crippen LogP contribution in [0.4, 0.5) is 0 Å². The summed E-state index contributed by atoms with van der Waals surface area (Å²) >= 11 is 0. The van der Waals surface area contributed by atoms with Gasteiger partial charge in [-0.25, -0.2) is 0 Å². The smallest absolute Gasteiger partial charge is 0.306 e. The van der Waals surface area contributed by atoms with E-state index >= 15 is 0 Å². The zero-order valence-corrected chi connectivity index (χ0v) is 41.8. The Kier molecular flexibility index (Phi) is 46.6. The van der Waals surface area contributed by atoms with Crippen molar-refractivity contribution in [2.75, 3.05) is 13.2 Å². The molecule has 0 aromatic carbocycles. The Bertz CT molecular complexity index is 933. The van der Waals surface area contributed by atoms with Crippen LogP contribution in [-0.2, 0) is 28.6 Å². The number of rotatable bonds is 49. The van der Waals surface area contributed by atoms with Crippen molar-refractivity contribution in [2.45, 2.75) is 310 Å². The fraction of sp³-hybridized carbons (Fsp3) is 0.945. The molecule has 0 N–H and O–H groups in total. The van der Waals surface area contributed by atoms with Gasteiger partial charge in [-0.1, -0.05) is 266 Å². The maximum Gasteiger partial charge on any atom is 0.306 e. The van der Waals surface area contributed by atoms with E-state index in [0.29, 0.717) is 19.3 Å². The second kappa shape index (κ2) is 47.9. The van der Waals surface area contributed by atoms with Gasteiger partial charge in [0.05, 0.1) is 0 Å². The normalized spacial score (nSPS) is 12.5. The fourth-order valence-corrected chi connectivity index (χ4v) is 8.31. The number of carbonyl (C=O) groups excluding carboxylic acids is 3. The highest BCUT2D eigenvalue weighted by atomic mass is 16.6. The van der Waals surface area contributed by atoms with Crippen LogP contribution in [-0.4, -0.2) is 37.2 Å². The summed E-state index contributed by atoms with van der Waals surface area (Å²) in [4.78, 5) is 38.0. The van der Waals surface area contributed by atoms with Crippen molar-refractivity contribution < 1.29 is 28.6 Å². The maximum atomic E-state index is 12.8. The summed E-state index contributed by atoms with van der Waals surface area (Å²) in [7, 11) is 0. The van der Waals surface area contributed by atoms with Gasteiger partial charge in [-0.3, -0.25) is 14.4 Å². The molecule has 61 heavy (non-hydrogen) atoms. The van der Waals surface area contributed by atoms with Gasteiger partial charge in [-0.15, -0.1) is 0 Å².